The SMILES string of the molecule is N/C=C\C=Nc1ccc(Cc2cnc(N3CCc4ncc(N)cc4C3)s2)cc1. The summed E-state index contributed by atoms with van der Waals surface area (Å²) in [6.45, 7) is 1.74. The molecule has 0 saturated heterocycles. The summed E-state index contributed by atoms with van der Waals surface area (Å²) in [5, 5.41) is 1.05. The topological polar surface area (TPSA) is 93.4 Å². The first kappa shape index (κ1) is 18.2. The van der Waals surface area contributed by atoms with Crippen molar-refractivity contribution in [1.82, 2.24) is 9.97 Å². The van der Waals surface area contributed by atoms with E-state index < -0.39 is 0 Å². The predicted octanol–water partition coefficient (Wildman–Crippen LogP) is 3.45. The average molecular weight is 391 g/mol. The Morgan fingerprint density at radius 2 is 2.04 bits per heavy atom. The normalized spacial score (nSPS) is 14.1. The minimum atomic E-state index is 0.715. The van der Waals surface area contributed by atoms with Gasteiger partial charge in [0.2, 0.25) is 0 Å². The maximum atomic E-state index is 5.89. The lowest BCUT2D eigenvalue weighted by Gasteiger charge is -2.27. The summed E-state index contributed by atoms with van der Waals surface area (Å²) < 4.78 is 0. The van der Waals surface area contributed by atoms with Crippen LogP contribution in [-0.4, -0.2) is 22.7 Å². The van der Waals surface area contributed by atoms with Crippen LogP contribution >= 0.6 is 11.3 Å². The molecule has 3 heterocycles. The van der Waals surface area contributed by atoms with E-state index in [9.17, 15) is 0 Å². The number of anilines is 2. The van der Waals surface area contributed by atoms with Crippen LogP contribution in [0.3, 0.4) is 0 Å². The number of hydrogen-bond acceptors (Lipinski definition) is 7. The minimum Gasteiger partial charge on any atom is -0.405 e. The molecule has 4 N–H and O–H groups in total. The van der Waals surface area contributed by atoms with E-state index >= 15 is 0 Å². The van der Waals surface area contributed by atoms with Gasteiger partial charge in [-0.3, -0.25) is 9.98 Å². The van der Waals surface area contributed by atoms with Crippen molar-refractivity contribution in [2.24, 2.45) is 10.7 Å². The van der Waals surface area contributed by atoms with Crippen LogP contribution in [0.4, 0.5) is 16.5 Å². The summed E-state index contributed by atoms with van der Waals surface area (Å²) in [4.78, 5) is 17.0. The molecule has 0 aliphatic carbocycles. The molecule has 0 atom stereocenters. The Morgan fingerprint density at radius 3 is 2.86 bits per heavy atom. The van der Waals surface area contributed by atoms with Crippen LogP contribution in [0.25, 0.3) is 0 Å². The molecule has 0 radical (unpaired) electrons. The van der Waals surface area contributed by atoms with E-state index in [1.807, 2.05) is 24.4 Å². The first-order chi connectivity index (χ1) is 13.7. The highest BCUT2D eigenvalue weighted by Crippen LogP contribution is 2.29. The van der Waals surface area contributed by atoms with Gasteiger partial charge in [0.05, 0.1) is 17.6 Å². The van der Waals surface area contributed by atoms with E-state index in [2.05, 4.69) is 32.0 Å². The molecule has 1 aliphatic rings. The second kappa shape index (κ2) is 8.22. The van der Waals surface area contributed by atoms with Gasteiger partial charge in [0.1, 0.15) is 0 Å². The third-order valence-corrected chi connectivity index (χ3v) is 5.67. The zero-order chi connectivity index (χ0) is 19.3. The van der Waals surface area contributed by atoms with Crippen LogP contribution in [0.1, 0.15) is 21.7 Å². The smallest absolute Gasteiger partial charge is 0.185 e. The van der Waals surface area contributed by atoms with Crippen LogP contribution in [0.5, 0.6) is 0 Å². The minimum absolute atomic E-state index is 0.715. The average Bonchev–Trinajstić information content (AvgIpc) is 3.17. The molecule has 0 spiro atoms. The van der Waals surface area contributed by atoms with Gasteiger partial charge >= 0.3 is 0 Å². The molecule has 0 amide bonds. The van der Waals surface area contributed by atoms with Crippen LogP contribution < -0.4 is 16.4 Å². The summed E-state index contributed by atoms with van der Waals surface area (Å²) in [6.07, 6.45) is 10.4. The van der Waals surface area contributed by atoms with Gasteiger partial charge in [-0.15, -0.1) is 11.3 Å². The fourth-order valence-electron chi connectivity index (χ4n) is 3.21. The monoisotopic (exact) mass is 390 g/mol. The number of nitrogen functional groups attached to an aromatic ring is 1. The Labute approximate surface area is 168 Å². The summed E-state index contributed by atoms with van der Waals surface area (Å²) in [6, 6.07) is 10.2. The van der Waals surface area contributed by atoms with Crippen LogP contribution in [0, 0.1) is 0 Å². The van der Waals surface area contributed by atoms with Crippen molar-refractivity contribution in [3.8, 4) is 0 Å². The van der Waals surface area contributed by atoms with Gasteiger partial charge in [-0.1, -0.05) is 12.1 Å². The quantitative estimate of drug-likeness (QED) is 0.651. The van der Waals surface area contributed by atoms with Gasteiger partial charge in [0.15, 0.2) is 5.13 Å². The van der Waals surface area contributed by atoms with E-state index in [4.69, 9.17) is 11.5 Å². The van der Waals surface area contributed by atoms with Gasteiger partial charge in [-0.25, -0.2) is 4.98 Å². The lowest BCUT2D eigenvalue weighted by Crippen LogP contribution is -2.30. The molecule has 0 bridgehead atoms. The van der Waals surface area contributed by atoms with Crippen LogP contribution in [0.2, 0.25) is 0 Å². The lowest BCUT2D eigenvalue weighted by molar-refractivity contribution is 0.710. The molecular weight excluding hydrogens is 368 g/mol. The number of benzene rings is 1. The number of fused-ring (bicyclic) bond motifs is 1. The standard InChI is InChI=1S/C21H22N6S/c22-7-1-8-24-18-4-2-15(3-5-18)10-19-13-26-21(28-19)27-9-6-20-16(14-27)11-17(23)12-25-20/h1-5,7-8,11-13H,6,9-10,14,22-23H2/b7-1-,24-8?. The molecule has 1 aromatic carbocycles. The van der Waals surface area contributed by atoms with Gasteiger partial charge in [-0.2, -0.15) is 0 Å². The van der Waals surface area contributed by atoms with E-state index in [1.54, 1.807) is 29.8 Å². The Morgan fingerprint density at radius 1 is 1.18 bits per heavy atom. The van der Waals surface area contributed by atoms with Gasteiger partial charge < -0.3 is 16.4 Å². The number of thiazole rings is 1. The van der Waals surface area contributed by atoms with Crippen molar-refractivity contribution in [3.05, 3.63) is 76.7 Å². The van der Waals surface area contributed by atoms with Gasteiger partial charge in [0, 0.05) is 48.9 Å². The van der Waals surface area contributed by atoms with Gasteiger partial charge in [-0.05, 0) is 41.6 Å². The number of nitrogens with zero attached hydrogens (tertiary/aromatic N) is 4. The Kier molecular flexibility index (Phi) is 5.34. The first-order valence-corrected chi connectivity index (χ1v) is 9.96. The molecule has 142 valence electrons. The van der Waals surface area contributed by atoms with Gasteiger partial charge in [0.25, 0.3) is 0 Å². The molecule has 6 nitrogen and oxygen atoms in total. The van der Waals surface area contributed by atoms with Crippen molar-refractivity contribution < 1.29 is 0 Å². The first-order valence-electron chi connectivity index (χ1n) is 9.14. The number of nitrogens with two attached hydrogens (primary N) is 2. The van der Waals surface area contributed by atoms with Crippen molar-refractivity contribution in [3.63, 3.8) is 0 Å². The van der Waals surface area contributed by atoms with Crippen molar-refractivity contribution in [1.29, 1.82) is 0 Å². The maximum absolute atomic E-state index is 5.89. The summed E-state index contributed by atoms with van der Waals surface area (Å²) >= 11 is 1.74. The second-order valence-corrected chi connectivity index (χ2v) is 7.76. The number of aliphatic imine (C=N–C) groups is 1. The highest BCUT2D eigenvalue weighted by Gasteiger charge is 2.20. The molecule has 4 rings (SSSR count). The van der Waals surface area contributed by atoms with Crippen molar-refractivity contribution in [2.45, 2.75) is 19.4 Å². The van der Waals surface area contributed by atoms with Crippen LogP contribution in [-0.2, 0) is 19.4 Å². The van der Waals surface area contributed by atoms with E-state index in [0.717, 1.165) is 42.4 Å². The lowest BCUT2D eigenvalue weighted by atomic mass is 10.1. The largest absolute Gasteiger partial charge is 0.405 e. The number of hydrogen-bond donors (Lipinski definition) is 2. The van der Waals surface area contributed by atoms with E-state index in [-0.39, 0.29) is 0 Å². The van der Waals surface area contributed by atoms with E-state index in [1.165, 1.54) is 22.2 Å². The Hall–Kier alpha value is -3.19. The molecule has 0 fully saturated rings. The zero-order valence-electron chi connectivity index (χ0n) is 15.5. The highest BCUT2D eigenvalue weighted by molar-refractivity contribution is 7.15. The summed E-state index contributed by atoms with van der Waals surface area (Å²) in [5.41, 5.74) is 16.4. The molecule has 28 heavy (non-hydrogen) atoms. The summed E-state index contributed by atoms with van der Waals surface area (Å²) in [7, 11) is 0. The number of rotatable bonds is 5. The summed E-state index contributed by atoms with van der Waals surface area (Å²) in [5.74, 6) is 0. The molecule has 1 aliphatic heterocycles. The number of aromatic nitrogens is 2. The zero-order valence-corrected chi connectivity index (χ0v) is 16.3. The maximum Gasteiger partial charge on any atom is 0.185 e. The molecule has 2 aromatic heterocycles. The van der Waals surface area contributed by atoms with Crippen LogP contribution in [0.15, 0.2) is 60.0 Å². The second-order valence-electron chi connectivity index (χ2n) is 6.66. The number of allylic oxidation sites excluding steroid dienone is 1. The molecule has 0 saturated carbocycles. The highest BCUT2D eigenvalue weighted by atomic mass is 32.1. The number of pyridine rings is 1. The molecular formula is C21H22N6S. The van der Waals surface area contributed by atoms with E-state index in [0.29, 0.717) is 5.69 Å². The fourth-order valence-corrected chi connectivity index (χ4v) is 4.18. The molecule has 0 unspecified atom stereocenters. The Balaban J connectivity index is 1.42. The van der Waals surface area contributed by atoms with Crippen molar-refractivity contribution in [2.75, 3.05) is 17.2 Å². The third-order valence-electron chi connectivity index (χ3n) is 4.61. The fraction of sp³-hybridized carbons (Fsp3) is 0.190. The Bertz CT molecular complexity index is 1010. The van der Waals surface area contributed by atoms with Crippen molar-refractivity contribution >= 4 is 34.1 Å². The third kappa shape index (κ3) is 4.20. The predicted molar refractivity (Wildman–Crippen MR) is 116 cm³/mol. The molecule has 3 aromatic rings. The molecule has 7 heteroatoms.